The molecule has 0 spiro atoms. The quantitative estimate of drug-likeness (QED) is 0.271. The van der Waals surface area contributed by atoms with Gasteiger partial charge in [-0.25, -0.2) is 19.9 Å². The molecule has 2 N–H and O–H groups in total. The van der Waals surface area contributed by atoms with Gasteiger partial charge in [0.15, 0.2) is 5.16 Å². The smallest absolute Gasteiger partial charge is 0.335 e. The van der Waals surface area contributed by atoms with Crippen LogP contribution >= 0.6 is 11.8 Å². The maximum atomic E-state index is 8.29. The molecule has 12 heteroatoms. The first kappa shape index (κ1) is 26.8. The van der Waals surface area contributed by atoms with Crippen LogP contribution in [0.25, 0.3) is 0 Å². The van der Waals surface area contributed by atoms with E-state index in [0.717, 1.165) is 58.2 Å². The van der Waals surface area contributed by atoms with E-state index in [4.69, 9.17) is 8.42 Å². The number of anilines is 4. The Morgan fingerprint density at radius 1 is 0.737 bits per heavy atom. The molecule has 192 valence electrons. The third-order valence-electron chi connectivity index (χ3n) is 5.47. The Hall–Kier alpha value is -4.29. The zero-order chi connectivity index (χ0) is 26.7. The van der Waals surface area contributed by atoms with Crippen LogP contribution in [0.3, 0.4) is 0 Å². The van der Waals surface area contributed by atoms with Gasteiger partial charge in [-0.2, -0.15) is 8.42 Å². The summed E-state index contributed by atoms with van der Waals surface area (Å²) in [7, 11) is 0. The van der Waals surface area contributed by atoms with Gasteiger partial charge in [-0.15, -0.1) is 0 Å². The fourth-order valence-electron chi connectivity index (χ4n) is 3.81. The van der Waals surface area contributed by atoms with Crippen LogP contribution in [0.4, 0.5) is 23.0 Å². The minimum Gasteiger partial charge on any atom is -0.340 e. The maximum absolute atomic E-state index is 8.29. The number of thioether (sulfide) groups is 1. The zero-order valence-electron chi connectivity index (χ0n) is 20.7. The van der Waals surface area contributed by atoms with E-state index in [2.05, 4.69) is 52.7 Å². The van der Waals surface area contributed by atoms with E-state index in [1.54, 1.807) is 12.4 Å². The van der Waals surface area contributed by atoms with Gasteiger partial charge in [0.25, 0.3) is 0 Å². The fraction of sp³-hybridized carbons (Fsp3) is 0.154. The summed E-state index contributed by atoms with van der Waals surface area (Å²) >= 11 is 0.780. The molecule has 2 aromatic carbocycles. The van der Waals surface area contributed by atoms with Gasteiger partial charge in [0, 0.05) is 47.3 Å². The molecule has 2 aromatic heterocycles. The molecular weight excluding hydrogens is 520 g/mol. The summed E-state index contributed by atoms with van der Waals surface area (Å²) in [5.74, 6) is 2.38. The van der Waals surface area contributed by atoms with Gasteiger partial charge in [-0.1, -0.05) is 36.0 Å². The predicted molar refractivity (Wildman–Crippen MR) is 152 cm³/mol. The number of hydrogen-bond donors (Lipinski definition) is 2. The molecule has 0 amide bonds. The number of hydrogen-bond acceptors (Lipinski definition) is 11. The van der Waals surface area contributed by atoms with Crippen LogP contribution < -0.4 is 10.6 Å². The van der Waals surface area contributed by atoms with Crippen LogP contribution in [0.15, 0.2) is 76.1 Å². The lowest BCUT2D eigenvalue weighted by Crippen LogP contribution is -1.99. The molecule has 0 radical (unpaired) electrons. The number of aliphatic imine (C=N–C) groups is 2. The largest absolute Gasteiger partial charge is 0.340 e. The van der Waals surface area contributed by atoms with Crippen LogP contribution in [0.2, 0.25) is 0 Å². The van der Waals surface area contributed by atoms with E-state index >= 15 is 0 Å². The highest BCUT2D eigenvalue weighted by atomic mass is 32.2. The van der Waals surface area contributed by atoms with Crippen molar-refractivity contribution in [2.75, 3.05) is 16.9 Å². The maximum Gasteiger partial charge on any atom is 0.335 e. The summed E-state index contributed by atoms with van der Waals surface area (Å²) in [5.41, 5.74) is 6.90. The van der Waals surface area contributed by atoms with Crippen molar-refractivity contribution < 1.29 is 8.42 Å². The summed E-state index contributed by atoms with van der Waals surface area (Å²) in [4.78, 5) is 25.5. The molecule has 0 saturated carbocycles. The van der Waals surface area contributed by atoms with Gasteiger partial charge in [0.1, 0.15) is 17.5 Å². The first-order chi connectivity index (χ1) is 18.6. The van der Waals surface area contributed by atoms with E-state index in [-0.39, 0.29) is 0 Å². The summed E-state index contributed by atoms with van der Waals surface area (Å²) in [6.07, 6.45) is 9.30. The predicted octanol–water partition coefficient (Wildman–Crippen LogP) is 4.67. The van der Waals surface area contributed by atoms with Gasteiger partial charge in [0.05, 0.1) is 13.1 Å². The Balaban J connectivity index is 0.000000161. The Morgan fingerprint density at radius 2 is 1.26 bits per heavy atom. The minimum absolute atomic E-state index is 0.750. The standard InChI is InChI=1S/C13H12N4S.C13H12N4.O2S/c1-18-13-15-6-5-12(17-13)16-11-4-2-3-9-7-14-8-10(9)11;1-9-15-6-5-13(16-9)17-12-4-2-3-10-7-14-8-11(10)12;1-3-2/h2-6,8H,7H2,1H3,(H,15,16,17);2-6,8H,7H2,1H3,(H,15,16,17);. The minimum atomic E-state index is -0.750. The molecule has 0 aliphatic carbocycles. The first-order valence-corrected chi connectivity index (χ1v) is 13.4. The molecular formula is C26H24N8O2S2. The average Bonchev–Trinajstić information content (AvgIpc) is 3.61. The van der Waals surface area contributed by atoms with Gasteiger partial charge >= 0.3 is 11.6 Å². The van der Waals surface area contributed by atoms with Crippen LogP contribution in [0.5, 0.6) is 0 Å². The van der Waals surface area contributed by atoms with Crippen molar-refractivity contribution in [2.24, 2.45) is 9.98 Å². The van der Waals surface area contributed by atoms with E-state index in [1.807, 2.05) is 62.0 Å². The van der Waals surface area contributed by atoms with Crippen LogP contribution in [-0.2, 0) is 24.7 Å². The summed E-state index contributed by atoms with van der Waals surface area (Å²) < 4.78 is 16.6. The fourth-order valence-corrected chi connectivity index (χ4v) is 4.16. The molecule has 2 aliphatic rings. The van der Waals surface area contributed by atoms with Gasteiger partial charge in [0.2, 0.25) is 0 Å². The zero-order valence-corrected chi connectivity index (χ0v) is 22.3. The topological polar surface area (TPSA) is 134 Å². The highest BCUT2D eigenvalue weighted by Crippen LogP contribution is 2.26. The molecule has 0 saturated heterocycles. The van der Waals surface area contributed by atoms with Crippen LogP contribution in [0, 0.1) is 6.92 Å². The first-order valence-electron chi connectivity index (χ1n) is 11.5. The molecule has 4 aromatic rings. The second-order valence-electron chi connectivity index (χ2n) is 7.93. The third-order valence-corrected chi connectivity index (χ3v) is 6.04. The number of nitrogens with zero attached hydrogens (tertiary/aromatic N) is 6. The third kappa shape index (κ3) is 6.93. The molecule has 10 nitrogen and oxygen atoms in total. The van der Waals surface area contributed by atoms with E-state index in [9.17, 15) is 0 Å². The molecule has 0 fully saturated rings. The Bertz CT molecular complexity index is 1520. The van der Waals surface area contributed by atoms with Crippen molar-refractivity contribution in [3.63, 3.8) is 0 Å². The van der Waals surface area contributed by atoms with Crippen LogP contribution in [0.1, 0.15) is 28.1 Å². The number of aromatic nitrogens is 4. The number of nitrogens with one attached hydrogen (secondary N) is 2. The second-order valence-corrected chi connectivity index (χ2v) is 8.84. The molecule has 4 heterocycles. The second kappa shape index (κ2) is 13.3. The van der Waals surface area contributed by atoms with Crippen molar-refractivity contribution in [3.05, 3.63) is 89.0 Å². The lowest BCUT2D eigenvalue weighted by atomic mass is 10.1. The highest BCUT2D eigenvalue weighted by molar-refractivity contribution is 7.98. The average molecular weight is 545 g/mol. The van der Waals surface area contributed by atoms with Gasteiger partial charge < -0.3 is 10.6 Å². The summed E-state index contributed by atoms with van der Waals surface area (Å²) in [5, 5.41) is 7.39. The van der Waals surface area contributed by atoms with Crippen LogP contribution in [-0.4, -0.2) is 47.0 Å². The number of aryl methyl sites for hydroxylation is 1. The Kier molecular flexibility index (Phi) is 9.37. The SMILES string of the molecule is CSc1nccc(Nc2cccc3c2C=NC3)n1.Cc1nccc(Nc2cccc3c2C=NC3)n1.O=S=O. The Morgan fingerprint density at radius 3 is 1.79 bits per heavy atom. The molecule has 0 unspecified atom stereocenters. The van der Waals surface area contributed by atoms with Crippen molar-refractivity contribution >= 4 is 58.8 Å². The number of benzene rings is 2. The van der Waals surface area contributed by atoms with Gasteiger partial charge in [-0.3, -0.25) is 9.98 Å². The normalized spacial score (nSPS) is 11.8. The van der Waals surface area contributed by atoms with Gasteiger partial charge in [-0.05, 0) is 48.6 Å². The monoisotopic (exact) mass is 544 g/mol. The highest BCUT2D eigenvalue weighted by Gasteiger charge is 2.12. The lowest BCUT2D eigenvalue weighted by molar-refractivity contribution is 0.630. The molecule has 0 atom stereocenters. The van der Waals surface area contributed by atoms with Crippen molar-refractivity contribution in [2.45, 2.75) is 25.2 Å². The number of fused-ring (bicyclic) bond motifs is 2. The molecule has 0 bridgehead atoms. The molecule has 38 heavy (non-hydrogen) atoms. The van der Waals surface area contributed by atoms with Crippen molar-refractivity contribution in [3.8, 4) is 0 Å². The summed E-state index contributed by atoms with van der Waals surface area (Å²) in [6, 6.07) is 16.1. The van der Waals surface area contributed by atoms with Crippen molar-refractivity contribution in [1.82, 2.24) is 19.9 Å². The molecule has 2 aliphatic heterocycles. The van der Waals surface area contributed by atoms with E-state index < -0.39 is 11.6 Å². The Labute approximate surface area is 227 Å². The summed E-state index contributed by atoms with van der Waals surface area (Å²) in [6.45, 7) is 3.42. The number of rotatable bonds is 5. The van der Waals surface area contributed by atoms with E-state index in [0.29, 0.717) is 0 Å². The van der Waals surface area contributed by atoms with Crippen molar-refractivity contribution in [1.29, 1.82) is 0 Å². The van der Waals surface area contributed by atoms with E-state index in [1.165, 1.54) is 22.9 Å². The molecule has 6 rings (SSSR count). The lowest BCUT2D eigenvalue weighted by Gasteiger charge is -2.09.